The minimum absolute atomic E-state index is 0.151. The second kappa shape index (κ2) is 3.92. The van der Waals surface area contributed by atoms with Crippen molar-refractivity contribution in [1.82, 2.24) is 0 Å². The molecule has 0 amide bonds. The van der Waals surface area contributed by atoms with Crippen LogP contribution in [0.4, 0.5) is 0 Å². The number of rotatable bonds is 2. The van der Waals surface area contributed by atoms with Crippen LogP contribution in [0.15, 0.2) is 39.5 Å². The molecule has 0 radical (unpaired) electrons. The van der Waals surface area contributed by atoms with Gasteiger partial charge in [0.05, 0.1) is 5.39 Å². The molecule has 0 atom stereocenters. The second-order valence-corrected chi connectivity index (χ2v) is 3.08. The van der Waals surface area contributed by atoms with E-state index in [1.807, 2.05) is 0 Å². The summed E-state index contributed by atoms with van der Waals surface area (Å²) in [5.41, 5.74) is 8.22. The molecule has 0 saturated carbocycles. The van der Waals surface area contributed by atoms with Crippen LogP contribution in [0.25, 0.3) is 16.5 Å². The molecule has 1 heterocycles. The van der Waals surface area contributed by atoms with Gasteiger partial charge in [-0.15, -0.1) is 0 Å². The molecule has 2 rings (SSSR count). The van der Waals surface area contributed by atoms with Gasteiger partial charge < -0.3 is 9.95 Å². The summed E-state index contributed by atoms with van der Waals surface area (Å²) in [5.74, 6) is -0.813. The molecule has 0 fully saturated rings. The molecule has 0 aliphatic carbocycles. The maximum absolute atomic E-state index is 11.6. The number of hydrogen-bond donors (Lipinski definition) is 0. The first-order valence-electron chi connectivity index (χ1n) is 4.47. The van der Waals surface area contributed by atoms with Crippen LogP contribution in [-0.2, 0) is 0 Å². The van der Waals surface area contributed by atoms with Crippen LogP contribution in [0.2, 0.25) is 0 Å². The van der Waals surface area contributed by atoms with Crippen molar-refractivity contribution >= 4 is 23.0 Å². The zero-order valence-electron chi connectivity index (χ0n) is 8.08. The summed E-state index contributed by atoms with van der Waals surface area (Å²) in [7, 11) is 0. The van der Waals surface area contributed by atoms with Gasteiger partial charge >= 0.3 is 12.0 Å². The molecular formula is C11H6N2O3. The summed E-state index contributed by atoms with van der Waals surface area (Å²) in [6.45, 7) is 0. The third-order valence-corrected chi connectivity index (χ3v) is 2.05. The van der Waals surface area contributed by atoms with E-state index < -0.39 is 5.78 Å². The minimum atomic E-state index is -0.662. The van der Waals surface area contributed by atoms with E-state index in [1.54, 1.807) is 24.3 Å². The molecule has 78 valence electrons. The standard InChI is InChI=1S/C11H6N2O3/c12-13-6-9(15)11-5-8(14)7-3-1-2-4-10(7)16-11/h1-6H. The fourth-order valence-electron chi connectivity index (χ4n) is 1.34. The highest BCUT2D eigenvalue weighted by atomic mass is 16.3. The Morgan fingerprint density at radius 2 is 2.12 bits per heavy atom. The Balaban J connectivity index is 2.71. The third kappa shape index (κ3) is 1.67. The topological polar surface area (TPSA) is 83.7 Å². The van der Waals surface area contributed by atoms with Gasteiger partial charge in [-0.05, 0) is 12.1 Å². The number of Topliss-reactive ketones (excluding diaryl/α,β-unsaturated/α-hetero) is 1. The van der Waals surface area contributed by atoms with Crippen molar-refractivity contribution in [3.63, 3.8) is 0 Å². The Morgan fingerprint density at radius 1 is 1.38 bits per heavy atom. The Kier molecular flexibility index (Phi) is 2.45. The van der Waals surface area contributed by atoms with Crippen molar-refractivity contribution in [3.8, 4) is 0 Å². The molecule has 16 heavy (non-hydrogen) atoms. The maximum atomic E-state index is 11.6. The Morgan fingerprint density at radius 3 is 2.88 bits per heavy atom. The Bertz CT molecular complexity index is 666. The summed E-state index contributed by atoms with van der Waals surface area (Å²) < 4.78 is 5.21. The van der Waals surface area contributed by atoms with E-state index in [0.717, 1.165) is 6.07 Å². The van der Waals surface area contributed by atoms with Crippen LogP contribution in [0, 0.1) is 0 Å². The van der Waals surface area contributed by atoms with E-state index in [0.29, 0.717) is 17.2 Å². The van der Waals surface area contributed by atoms with E-state index in [4.69, 9.17) is 9.95 Å². The molecule has 0 N–H and O–H groups in total. The molecule has 0 aliphatic rings. The van der Waals surface area contributed by atoms with Crippen molar-refractivity contribution in [1.29, 1.82) is 0 Å². The highest BCUT2D eigenvalue weighted by Crippen LogP contribution is 2.11. The lowest BCUT2D eigenvalue weighted by molar-refractivity contribution is 0.00210. The molecular weight excluding hydrogens is 208 g/mol. The van der Waals surface area contributed by atoms with E-state index in [2.05, 4.69) is 4.79 Å². The zero-order valence-corrected chi connectivity index (χ0v) is 8.08. The lowest BCUT2D eigenvalue weighted by atomic mass is 10.2. The van der Waals surface area contributed by atoms with Gasteiger partial charge in [0.15, 0.2) is 11.2 Å². The molecule has 5 heteroatoms. The lowest BCUT2D eigenvalue weighted by Crippen LogP contribution is -2.08. The molecule has 0 bridgehead atoms. The van der Waals surface area contributed by atoms with Crippen LogP contribution in [0.1, 0.15) is 10.6 Å². The summed E-state index contributed by atoms with van der Waals surface area (Å²) in [5, 5.41) is 0.403. The first-order chi connectivity index (χ1) is 7.72. The fraction of sp³-hybridized carbons (Fsp3) is 0. The van der Waals surface area contributed by atoms with Crippen molar-refractivity contribution in [2.24, 2.45) is 0 Å². The molecule has 5 nitrogen and oxygen atoms in total. The Labute approximate surface area is 89.6 Å². The third-order valence-electron chi connectivity index (χ3n) is 2.05. The molecule has 0 unspecified atom stereocenters. The first kappa shape index (κ1) is 10.0. The minimum Gasteiger partial charge on any atom is -0.452 e. The van der Waals surface area contributed by atoms with Crippen LogP contribution < -0.4 is 5.43 Å². The number of ketones is 1. The monoisotopic (exact) mass is 214 g/mol. The van der Waals surface area contributed by atoms with Crippen LogP contribution >= 0.6 is 0 Å². The first-order valence-corrected chi connectivity index (χ1v) is 4.47. The highest BCUT2D eigenvalue weighted by Gasteiger charge is 2.12. The zero-order chi connectivity index (χ0) is 11.5. The second-order valence-electron chi connectivity index (χ2n) is 3.08. The van der Waals surface area contributed by atoms with Gasteiger partial charge in [0.1, 0.15) is 5.58 Å². The molecule has 0 saturated heterocycles. The quantitative estimate of drug-likeness (QED) is 0.326. The number of benzene rings is 1. The van der Waals surface area contributed by atoms with Gasteiger partial charge in [0.25, 0.3) is 0 Å². The number of fused-ring (bicyclic) bond motifs is 1. The summed E-state index contributed by atoms with van der Waals surface area (Å²) >= 11 is 0. The number of carbonyl (C=O) groups excluding carboxylic acids is 1. The molecule has 0 aliphatic heterocycles. The van der Waals surface area contributed by atoms with Gasteiger partial charge in [-0.2, -0.15) is 4.79 Å². The maximum Gasteiger partial charge on any atom is 0.331 e. The fourth-order valence-corrected chi connectivity index (χ4v) is 1.34. The number of nitrogens with zero attached hydrogens (tertiary/aromatic N) is 2. The summed E-state index contributed by atoms with van der Waals surface area (Å²) in [6, 6.07) is 7.67. The van der Waals surface area contributed by atoms with Gasteiger partial charge in [-0.25, -0.2) is 0 Å². The largest absolute Gasteiger partial charge is 0.452 e. The van der Waals surface area contributed by atoms with Gasteiger partial charge in [0, 0.05) is 6.07 Å². The summed E-state index contributed by atoms with van der Waals surface area (Å²) in [4.78, 5) is 25.5. The van der Waals surface area contributed by atoms with Gasteiger partial charge in [-0.1, -0.05) is 12.1 Å². The van der Waals surface area contributed by atoms with Crippen LogP contribution in [0.3, 0.4) is 0 Å². The van der Waals surface area contributed by atoms with Crippen LogP contribution in [-0.4, -0.2) is 16.8 Å². The van der Waals surface area contributed by atoms with Crippen molar-refractivity contribution in [2.75, 3.05) is 0 Å². The number of carbonyl (C=O) groups is 1. The molecule has 1 aromatic heterocycles. The normalized spacial score (nSPS) is 9.75. The summed E-state index contributed by atoms with van der Waals surface area (Å²) in [6.07, 6.45) is 0.674. The average molecular weight is 214 g/mol. The number of hydrogen-bond acceptors (Lipinski definition) is 3. The molecule has 0 spiro atoms. The SMILES string of the molecule is [N-]=[N+]=CC(=O)c1cc(=O)c2ccccc2o1. The predicted octanol–water partition coefficient (Wildman–Crippen LogP) is 1.28. The van der Waals surface area contributed by atoms with Crippen molar-refractivity contribution < 1.29 is 14.0 Å². The van der Waals surface area contributed by atoms with E-state index in [9.17, 15) is 9.59 Å². The predicted molar refractivity (Wildman–Crippen MR) is 56.5 cm³/mol. The highest BCUT2D eigenvalue weighted by molar-refractivity contribution is 6.32. The van der Waals surface area contributed by atoms with E-state index in [-0.39, 0.29) is 11.2 Å². The molecule has 2 aromatic rings. The molecule has 1 aromatic carbocycles. The smallest absolute Gasteiger partial charge is 0.331 e. The van der Waals surface area contributed by atoms with Gasteiger partial charge in [-0.3, -0.25) is 9.59 Å². The van der Waals surface area contributed by atoms with E-state index >= 15 is 0 Å². The van der Waals surface area contributed by atoms with Crippen LogP contribution in [0.5, 0.6) is 0 Å². The van der Waals surface area contributed by atoms with E-state index in [1.165, 1.54) is 0 Å². The number of para-hydroxylation sites is 1. The lowest BCUT2D eigenvalue weighted by Gasteiger charge is -1.97. The van der Waals surface area contributed by atoms with Gasteiger partial charge in [0.2, 0.25) is 0 Å². The average Bonchev–Trinajstić information content (AvgIpc) is 2.29. The van der Waals surface area contributed by atoms with Crippen molar-refractivity contribution in [3.05, 3.63) is 51.8 Å². The Hall–Kier alpha value is -2.52. The van der Waals surface area contributed by atoms with Crippen molar-refractivity contribution in [2.45, 2.75) is 0 Å².